The summed E-state index contributed by atoms with van der Waals surface area (Å²) in [5, 5.41) is 6.27. The van der Waals surface area contributed by atoms with Crippen LogP contribution in [-0.4, -0.2) is 30.5 Å². The van der Waals surface area contributed by atoms with E-state index in [9.17, 15) is 0 Å². The van der Waals surface area contributed by atoms with Gasteiger partial charge >= 0.3 is 0 Å². The van der Waals surface area contributed by atoms with Gasteiger partial charge in [-0.05, 0) is 37.6 Å². The van der Waals surface area contributed by atoms with Crippen molar-refractivity contribution in [1.29, 1.82) is 0 Å². The molecule has 0 atom stereocenters. The molecule has 0 spiro atoms. The van der Waals surface area contributed by atoms with Crippen LogP contribution in [0.1, 0.15) is 18.4 Å². The predicted octanol–water partition coefficient (Wildman–Crippen LogP) is 3.23. The van der Waals surface area contributed by atoms with Crippen LogP contribution in [0.4, 0.5) is 0 Å². The molecule has 0 radical (unpaired) electrons. The zero-order valence-corrected chi connectivity index (χ0v) is 12.6. The number of hydrogen-bond donors (Lipinski definition) is 1. The summed E-state index contributed by atoms with van der Waals surface area (Å²) in [6.45, 7) is 2.63. The number of ether oxygens (including phenoxy) is 1. The second-order valence-corrected chi connectivity index (χ2v) is 6.39. The Labute approximate surface area is 124 Å². The molecule has 3 nitrogen and oxygen atoms in total. The highest BCUT2D eigenvalue weighted by Gasteiger charge is 2.18. The number of nitrogens with zero attached hydrogens (tertiary/aromatic N) is 1. The highest BCUT2D eigenvalue weighted by Crippen LogP contribution is 2.32. The third-order valence-corrected chi connectivity index (χ3v) is 4.96. The number of fused-ring (bicyclic) bond motifs is 1. The van der Waals surface area contributed by atoms with Crippen molar-refractivity contribution in [3.63, 3.8) is 0 Å². The summed E-state index contributed by atoms with van der Waals surface area (Å²) in [5.74, 6) is 0. The summed E-state index contributed by atoms with van der Waals surface area (Å²) in [6, 6.07) is 10.6. The van der Waals surface area contributed by atoms with Crippen molar-refractivity contribution >= 4 is 22.7 Å². The van der Waals surface area contributed by atoms with E-state index in [1.807, 2.05) is 18.8 Å². The van der Waals surface area contributed by atoms with Gasteiger partial charge in [0.25, 0.3) is 0 Å². The van der Waals surface area contributed by atoms with E-state index in [0.29, 0.717) is 5.25 Å². The van der Waals surface area contributed by atoms with Crippen LogP contribution in [-0.2, 0) is 11.3 Å². The van der Waals surface area contributed by atoms with Crippen molar-refractivity contribution in [2.24, 2.45) is 0 Å². The van der Waals surface area contributed by atoms with E-state index < -0.39 is 0 Å². The molecule has 3 rings (SSSR count). The Balaban J connectivity index is 1.91. The number of thioether (sulfide) groups is 1. The molecule has 2 heterocycles. The minimum atomic E-state index is 0.632. The second kappa shape index (κ2) is 6.57. The van der Waals surface area contributed by atoms with Crippen molar-refractivity contribution in [2.75, 3.05) is 20.3 Å². The lowest BCUT2D eigenvalue weighted by molar-refractivity contribution is 0.1000. The van der Waals surface area contributed by atoms with E-state index in [1.165, 1.54) is 16.0 Å². The van der Waals surface area contributed by atoms with Gasteiger partial charge in [-0.25, -0.2) is 4.98 Å². The Morgan fingerprint density at radius 2 is 2.10 bits per heavy atom. The Kier molecular flexibility index (Phi) is 4.55. The monoisotopic (exact) mass is 288 g/mol. The van der Waals surface area contributed by atoms with Crippen LogP contribution >= 0.6 is 11.8 Å². The number of aromatic nitrogens is 1. The molecular formula is C16H20N2OS. The third-order valence-electron chi connectivity index (χ3n) is 3.58. The van der Waals surface area contributed by atoms with Crippen molar-refractivity contribution in [3.8, 4) is 0 Å². The number of rotatable bonds is 4. The molecule has 4 heteroatoms. The Bertz CT molecular complexity index is 582. The molecule has 0 bridgehead atoms. The maximum absolute atomic E-state index is 5.44. The topological polar surface area (TPSA) is 34.2 Å². The first-order valence-electron chi connectivity index (χ1n) is 7.14. The molecule has 0 unspecified atom stereocenters. The van der Waals surface area contributed by atoms with Crippen LogP contribution in [0, 0.1) is 0 Å². The van der Waals surface area contributed by atoms with Gasteiger partial charge < -0.3 is 10.1 Å². The van der Waals surface area contributed by atoms with Gasteiger partial charge in [-0.1, -0.05) is 18.2 Å². The predicted molar refractivity (Wildman–Crippen MR) is 84.2 cm³/mol. The minimum Gasteiger partial charge on any atom is -0.381 e. The molecule has 1 aromatic carbocycles. The smallest absolute Gasteiger partial charge is 0.101 e. The first-order chi connectivity index (χ1) is 9.86. The molecular weight excluding hydrogens is 268 g/mol. The normalized spacial score (nSPS) is 16.6. The number of pyridine rings is 1. The largest absolute Gasteiger partial charge is 0.381 e. The van der Waals surface area contributed by atoms with Gasteiger partial charge in [0.05, 0.1) is 5.52 Å². The van der Waals surface area contributed by atoms with Crippen molar-refractivity contribution in [3.05, 3.63) is 35.9 Å². The molecule has 1 N–H and O–H groups in total. The van der Waals surface area contributed by atoms with E-state index in [1.54, 1.807) is 0 Å². The van der Waals surface area contributed by atoms with E-state index in [-0.39, 0.29) is 0 Å². The Hall–Kier alpha value is -1.10. The van der Waals surface area contributed by atoms with Crippen LogP contribution in [0.2, 0.25) is 0 Å². The zero-order valence-electron chi connectivity index (χ0n) is 11.8. The highest BCUT2D eigenvalue weighted by molar-refractivity contribution is 7.99. The summed E-state index contributed by atoms with van der Waals surface area (Å²) in [7, 11) is 1.98. The van der Waals surface area contributed by atoms with Crippen LogP contribution in [0.25, 0.3) is 10.9 Å². The molecule has 1 aliphatic rings. The lowest BCUT2D eigenvalue weighted by Gasteiger charge is -2.22. The second-order valence-electron chi connectivity index (χ2n) is 5.11. The zero-order chi connectivity index (χ0) is 13.8. The van der Waals surface area contributed by atoms with Crippen LogP contribution in [0.3, 0.4) is 0 Å². The van der Waals surface area contributed by atoms with E-state index in [2.05, 4.69) is 35.6 Å². The van der Waals surface area contributed by atoms with Crippen molar-refractivity contribution in [2.45, 2.75) is 29.7 Å². The SMILES string of the molecule is CNCc1cc2ccccc2nc1SC1CCOCC1. The first kappa shape index (κ1) is 13.9. The highest BCUT2D eigenvalue weighted by atomic mass is 32.2. The van der Waals surface area contributed by atoms with E-state index >= 15 is 0 Å². The summed E-state index contributed by atoms with van der Waals surface area (Å²) in [4.78, 5) is 4.87. The van der Waals surface area contributed by atoms with Gasteiger partial charge in [0.15, 0.2) is 0 Å². The van der Waals surface area contributed by atoms with Gasteiger partial charge in [-0.15, -0.1) is 11.8 Å². The third kappa shape index (κ3) is 3.14. The maximum atomic E-state index is 5.44. The van der Waals surface area contributed by atoms with Gasteiger partial charge in [0.2, 0.25) is 0 Å². The van der Waals surface area contributed by atoms with Crippen LogP contribution in [0.15, 0.2) is 35.4 Å². The van der Waals surface area contributed by atoms with Crippen molar-refractivity contribution < 1.29 is 4.74 Å². The molecule has 1 aliphatic heterocycles. The summed E-state index contributed by atoms with van der Waals surface area (Å²) in [6.07, 6.45) is 2.25. The van der Waals surface area contributed by atoms with Gasteiger partial charge in [-0.2, -0.15) is 0 Å². The van der Waals surface area contributed by atoms with Crippen molar-refractivity contribution in [1.82, 2.24) is 10.3 Å². The summed E-state index contributed by atoms with van der Waals surface area (Å²) >= 11 is 1.91. The summed E-state index contributed by atoms with van der Waals surface area (Å²) in [5.41, 5.74) is 2.38. The fourth-order valence-corrected chi connectivity index (χ4v) is 3.69. The standard InChI is InChI=1S/C16H20N2OS/c1-17-11-13-10-12-4-2-3-5-15(12)18-16(13)20-14-6-8-19-9-7-14/h2-5,10,14,17H,6-9,11H2,1H3. The van der Waals surface area contributed by atoms with Gasteiger partial charge in [0, 0.05) is 30.4 Å². The average Bonchev–Trinajstić information content (AvgIpc) is 2.49. The molecule has 2 aromatic rings. The van der Waals surface area contributed by atoms with Gasteiger partial charge in [-0.3, -0.25) is 0 Å². The Morgan fingerprint density at radius 1 is 1.30 bits per heavy atom. The molecule has 1 saturated heterocycles. The number of nitrogens with one attached hydrogen (secondary N) is 1. The average molecular weight is 288 g/mol. The number of hydrogen-bond acceptors (Lipinski definition) is 4. The molecule has 106 valence electrons. The van der Waals surface area contributed by atoms with E-state index in [4.69, 9.17) is 9.72 Å². The molecule has 0 aliphatic carbocycles. The number of para-hydroxylation sites is 1. The lowest BCUT2D eigenvalue weighted by atomic mass is 10.1. The molecule has 0 saturated carbocycles. The van der Waals surface area contributed by atoms with Gasteiger partial charge in [0.1, 0.15) is 5.03 Å². The van der Waals surface area contributed by atoms with Crippen LogP contribution < -0.4 is 5.32 Å². The van der Waals surface area contributed by atoms with Crippen LogP contribution in [0.5, 0.6) is 0 Å². The molecule has 1 fully saturated rings. The fourth-order valence-electron chi connectivity index (χ4n) is 2.51. The molecule has 1 aromatic heterocycles. The molecule has 20 heavy (non-hydrogen) atoms. The quantitative estimate of drug-likeness (QED) is 0.936. The first-order valence-corrected chi connectivity index (χ1v) is 8.02. The number of benzene rings is 1. The summed E-state index contributed by atoms with van der Waals surface area (Å²) < 4.78 is 5.44. The lowest BCUT2D eigenvalue weighted by Crippen LogP contribution is -2.18. The maximum Gasteiger partial charge on any atom is 0.101 e. The van der Waals surface area contributed by atoms with E-state index in [0.717, 1.165) is 38.1 Å². The Morgan fingerprint density at radius 3 is 2.90 bits per heavy atom. The minimum absolute atomic E-state index is 0.632. The fraction of sp³-hybridized carbons (Fsp3) is 0.438. The molecule has 0 amide bonds.